The van der Waals surface area contributed by atoms with E-state index in [-0.39, 0.29) is 11.5 Å². The molecule has 1 aromatic heterocycles. The molecule has 1 aliphatic heterocycles. The standard InChI is InChI=1S/C24H26N4O2/c1-19-8-10-21(11-9-19)28-23(29)13-12-22(25-28)26-14-5-15-27(17-16-26)24(30)18-20-6-3-2-4-7-20/h2-4,6-13H,5,14-18H2,1H3. The van der Waals surface area contributed by atoms with Crippen LogP contribution in [0, 0.1) is 6.92 Å². The Bertz CT molecular complexity index is 1060. The largest absolute Gasteiger partial charge is 0.353 e. The zero-order chi connectivity index (χ0) is 20.9. The number of aromatic nitrogens is 2. The maximum atomic E-state index is 12.7. The number of anilines is 1. The minimum Gasteiger partial charge on any atom is -0.353 e. The van der Waals surface area contributed by atoms with E-state index in [1.165, 1.54) is 4.68 Å². The fourth-order valence-corrected chi connectivity index (χ4v) is 3.72. The Morgan fingerprint density at radius 2 is 1.67 bits per heavy atom. The molecule has 4 rings (SSSR count). The zero-order valence-corrected chi connectivity index (χ0v) is 17.2. The monoisotopic (exact) mass is 402 g/mol. The van der Waals surface area contributed by atoms with Crippen LogP contribution >= 0.6 is 0 Å². The highest BCUT2D eigenvalue weighted by Crippen LogP contribution is 2.15. The molecule has 0 spiro atoms. The third kappa shape index (κ3) is 4.59. The van der Waals surface area contributed by atoms with Gasteiger partial charge in [-0.1, -0.05) is 48.0 Å². The lowest BCUT2D eigenvalue weighted by atomic mass is 10.1. The van der Waals surface area contributed by atoms with Gasteiger partial charge in [0, 0.05) is 32.2 Å². The third-order valence-electron chi connectivity index (χ3n) is 5.44. The van der Waals surface area contributed by atoms with E-state index in [9.17, 15) is 9.59 Å². The van der Waals surface area contributed by atoms with Crippen LogP contribution in [-0.2, 0) is 11.2 Å². The fraction of sp³-hybridized carbons (Fsp3) is 0.292. The van der Waals surface area contributed by atoms with Crippen molar-refractivity contribution >= 4 is 11.7 Å². The first-order valence-corrected chi connectivity index (χ1v) is 10.3. The molecule has 1 fully saturated rings. The molecule has 0 radical (unpaired) electrons. The highest BCUT2D eigenvalue weighted by molar-refractivity contribution is 5.78. The molecule has 6 nitrogen and oxygen atoms in total. The molecule has 1 saturated heterocycles. The maximum Gasteiger partial charge on any atom is 0.271 e. The van der Waals surface area contributed by atoms with Crippen molar-refractivity contribution in [2.24, 2.45) is 0 Å². The minimum absolute atomic E-state index is 0.153. The Morgan fingerprint density at radius 1 is 0.900 bits per heavy atom. The molecule has 154 valence electrons. The van der Waals surface area contributed by atoms with Gasteiger partial charge in [0.05, 0.1) is 12.1 Å². The number of rotatable bonds is 4. The molecule has 2 aromatic carbocycles. The van der Waals surface area contributed by atoms with Crippen LogP contribution in [-0.4, -0.2) is 46.8 Å². The fourth-order valence-electron chi connectivity index (χ4n) is 3.72. The summed E-state index contributed by atoms with van der Waals surface area (Å²) in [7, 11) is 0. The summed E-state index contributed by atoms with van der Waals surface area (Å²) < 4.78 is 1.44. The Kier molecular flexibility index (Phi) is 5.93. The molecule has 3 aromatic rings. The first-order chi connectivity index (χ1) is 14.6. The molecule has 0 N–H and O–H groups in total. The van der Waals surface area contributed by atoms with Gasteiger partial charge >= 0.3 is 0 Å². The lowest BCUT2D eigenvalue weighted by Crippen LogP contribution is -2.36. The third-order valence-corrected chi connectivity index (χ3v) is 5.44. The zero-order valence-electron chi connectivity index (χ0n) is 17.2. The van der Waals surface area contributed by atoms with E-state index in [1.54, 1.807) is 12.1 Å². The van der Waals surface area contributed by atoms with E-state index < -0.39 is 0 Å². The summed E-state index contributed by atoms with van der Waals surface area (Å²) >= 11 is 0. The Morgan fingerprint density at radius 3 is 2.43 bits per heavy atom. The Labute approximate surface area is 176 Å². The van der Waals surface area contributed by atoms with Crippen molar-refractivity contribution in [2.45, 2.75) is 19.8 Å². The van der Waals surface area contributed by atoms with Crippen molar-refractivity contribution in [1.29, 1.82) is 0 Å². The van der Waals surface area contributed by atoms with Gasteiger partial charge in [-0.3, -0.25) is 9.59 Å². The van der Waals surface area contributed by atoms with Crippen molar-refractivity contribution in [2.75, 3.05) is 31.1 Å². The first kappa shape index (κ1) is 19.9. The van der Waals surface area contributed by atoms with Crippen molar-refractivity contribution in [3.8, 4) is 5.69 Å². The smallest absolute Gasteiger partial charge is 0.271 e. The summed E-state index contributed by atoms with van der Waals surface area (Å²) in [6, 6.07) is 20.9. The van der Waals surface area contributed by atoms with Crippen LogP contribution < -0.4 is 10.5 Å². The van der Waals surface area contributed by atoms with Gasteiger partial charge in [-0.25, -0.2) is 0 Å². The van der Waals surface area contributed by atoms with Crippen LogP contribution in [0.2, 0.25) is 0 Å². The summed E-state index contributed by atoms with van der Waals surface area (Å²) in [5, 5.41) is 4.60. The molecule has 0 atom stereocenters. The van der Waals surface area contributed by atoms with Crippen molar-refractivity contribution < 1.29 is 4.79 Å². The summed E-state index contributed by atoms with van der Waals surface area (Å²) in [6.45, 7) is 4.89. The van der Waals surface area contributed by atoms with Gasteiger partial charge in [0.2, 0.25) is 5.91 Å². The molecule has 0 aliphatic carbocycles. The van der Waals surface area contributed by atoms with Gasteiger partial charge in [-0.2, -0.15) is 4.68 Å². The van der Waals surface area contributed by atoms with Crippen LogP contribution in [0.15, 0.2) is 71.5 Å². The average molecular weight is 402 g/mol. The van der Waals surface area contributed by atoms with Gasteiger partial charge in [-0.15, -0.1) is 5.10 Å². The van der Waals surface area contributed by atoms with Crippen LogP contribution in [0.1, 0.15) is 17.5 Å². The van der Waals surface area contributed by atoms with Gasteiger partial charge in [0.15, 0.2) is 0 Å². The summed E-state index contributed by atoms with van der Waals surface area (Å²) in [4.78, 5) is 29.2. The molecule has 1 aliphatic rings. The summed E-state index contributed by atoms with van der Waals surface area (Å²) in [5.74, 6) is 0.910. The number of nitrogens with zero attached hydrogens (tertiary/aromatic N) is 4. The average Bonchev–Trinajstić information content (AvgIpc) is 3.02. The minimum atomic E-state index is -0.155. The van der Waals surface area contributed by atoms with Crippen molar-refractivity contribution in [1.82, 2.24) is 14.7 Å². The maximum absolute atomic E-state index is 12.7. The number of amides is 1. The Hall–Kier alpha value is -3.41. The molecular weight excluding hydrogens is 376 g/mol. The molecule has 0 unspecified atom stereocenters. The van der Waals surface area contributed by atoms with Gasteiger partial charge in [0.25, 0.3) is 5.56 Å². The molecule has 0 bridgehead atoms. The van der Waals surface area contributed by atoms with Crippen LogP contribution in [0.4, 0.5) is 5.82 Å². The summed E-state index contributed by atoms with van der Waals surface area (Å²) in [5.41, 5.74) is 2.77. The van der Waals surface area contributed by atoms with E-state index in [1.807, 2.05) is 66.4 Å². The van der Waals surface area contributed by atoms with Crippen LogP contribution in [0.3, 0.4) is 0 Å². The first-order valence-electron chi connectivity index (χ1n) is 10.3. The van der Waals surface area contributed by atoms with Crippen molar-refractivity contribution in [3.63, 3.8) is 0 Å². The second-order valence-electron chi connectivity index (χ2n) is 7.66. The second-order valence-corrected chi connectivity index (χ2v) is 7.66. The second kappa shape index (κ2) is 8.95. The molecule has 30 heavy (non-hydrogen) atoms. The van der Waals surface area contributed by atoms with Crippen LogP contribution in [0.25, 0.3) is 5.69 Å². The lowest BCUT2D eigenvalue weighted by molar-refractivity contribution is -0.130. The van der Waals surface area contributed by atoms with Gasteiger partial charge < -0.3 is 9.80 Å². The normalized spacial score (nSPS) is 14.4. The predicted molar refractivity (Wildman–Crippen MR) is 118 cm³/mol. The molecule has 2 heterocycles. The van der Waals surface area contributed by atoms with Crippen LogP contribution in [0.5, 0.6) is 0 Å². The highest BCUT2D eigenvalue weighted by Gasteiger charge is 2.20. The number of carbonyl (C=O) groups is 1. The number of hydrogen-bond donors (Lipinski definition) is 0. The number of benzene rings is 2. The number of carbonyl (C=O) groups excluding carboxylic acids is 1. The summed E-state index contributed by atoms with van der Waals surface area (Å²) in [6.07, 6.45) is 1.29. The van der Waals surface area contributed by atoms with Gasteiger partial charge in [-0.05, 0) is 37.1 Å². The number of hydrogen-bond acceptors (Lipinski definition) is 4. The quantitative estimate of drug-likeness (QED) is 0.673. The topological polar surface area (TPSA) is 58.4 Å². The van der Waals surface area contributed by atoms with E-state index in [4.69, 9.17) is 0 Å². The lowest BCUT2D eigenvalue weighted by Gasteiger charge is -2.23. The Balaban J connectivity index is 1.47. The van der Waals surface area contributed by atoms with E-state index in [2.05, 4.69) is 10.00 Å². The molecule has 6 heteroatoms. The predicted octanol–water partition coefficient (Wildman–Crippen LogP) is 2.82. The van der Waals surface area contributed by atoms with E-state index >= 15 is 0 Å². The molecule has 1 amide bonds. The SMILES string of the molecule is Cc1ccc(-n2nc(N3CCCN(C(=O)Cc4ccccc4)CC3)ccc2=O)cc1. The highest BCUT2D eigenvalue weighted by atomic mass is 16.2. The number of aryl methyl sites for hydroxylation is 1. The van der Waals surface area contributed by atoms with E-state index in [0.29, 0.717) is 19.5 Å². The van der Waals surface area contributed by atoms with Crippen molar-refractivity contribution in [3.05, 3.63) is 88.2 Å². The molecule has 0 saturated carbocycles. The van der Waals surface area contributed by atoms with E-state index in [0.717, 1.165) is 42.1 Å². The van der Waals surface area contributed by atoms with Gasteiger partial charge in [0.1, 0.15) is 5.82 Å². The molecular formula is C24H26N4O2.